The molecule has 0 amide bonds. The average Bonchev–Trinajstić information content (AvgIpc) is 2.23. The minimum Gasteiger partial charge on any atom is -0.386 e. The number of amidine groups is 1. The largest absolute Gasteiger partial charge is 0.386 e. The first kappa shape index (κ1) is 16.4. The highest BCUT2D eigenvalue weighted by atomic mass is 32.2. The van der Waals surface area contributed by atoms with Gasteiger partial charge < -0.3 is 5.73 Å². The monoisotopic (exact) mass is 289 g/mol. The maximum Gasteiger partial charge on any atom is 0.212 e. The topological polar surface area (TPSA) is 96.0 Å². The first-order valence-electron chi connectivity index (χ1n) is 6.95. The summed E-state index contributed by atoms with van der Waals surface area (Å²) >= 11 is 0. The van der Waals surface area contributed by atoms with Crippen LogP contribution in [-0.4, -0.2) is 26.0 Å². The van der Waals surface area contributed by atoms with E-state index in [0.717, 1.165) is 25.7 Å². The Morgan fingerprint density at radius 3 is 2.26 bits per heavy atom. The lowest BCUT2D eigenvalue weighted by atomic mass is 9.84. The van der Waals surface area contributed by atoms with Crippen molar-refractivity contribution in [2.75, 3.05) is 5.75 Å². The molecule has 0 aromatic heterocycles. The fourth-order valence-corrected chi connectivity index (χ4v) is 4.62. The molecule has 1 unspecified atom stereocenters. The molecule has 1 aliphatic rings. The van der Waals surface area contributed by atoms with Gasteiger partial charge in [0, 0.05) is 0 Å². The van der Waals surface area contributed by atoms with Crippen LogP contribution in [0.4, 0.5) is 0 Å². The molecule has 1 saturated carbocycles. The summed E-state index contributed by atoms with van der Waals surface area (Å²) in [5.41, 5.74) is 5.29. The van der Waals surface area contributed by atoms with Crippen molar-refractivity contribution in [3.8, 4) is 0 Å². The van der Waals surface area contributed by atoms with Gasteiger partial charge in [-0.15, -0.1) is 0 Å². The Balaban J connectivity index is 2.75. The molecule has 1 atom stereocenters. The molecule has 1 rings (SSSR count). The highest BCUT2D eigenvalue weighted by Crippen LogP contribution is 2.27. The summed E-state index contributed by atoms with van der Waals surface area (Å²) in [5, 5.41) is 7.65. The van der Waals surface area contributed by atoms with Crippen LogP contribution >= 0.6 is 0 Å². The van der Waals surface area contributed by atoms with E-state index in [0.29, 0.717) is 0 Å². The van der Waals surface area contributed by atoms with Gasteiger partial charge in [-0.1, -0.05) is 40.0 Å². The predicted molar refractivity (Wildman–Crippen MR) is 78.7 cm³/mol. The molecule has 0 spiro atoms. The number of hydrogen-bond acceptors (Lipinski definition) is 3. The average molecular weight is 289 g/mol. The highest BCUT2D eigenvalue weighted by Gasteiger charge is 2.31. The molecule has 112 valence electrons. The van der Waals surface area contributed by atoms with E-state index in [1.807, 2.05) is 20.8 Å². The van der Waals surface area contributed by atoms with E-state index in [1.165, 1.54) is 6.42 Å². The smallest absolute Gasteiger partial charge is 0.212 e. The van der Waals surface area contributed by atoms with Crippen molar-refractivity contribution in [2.45, 2.75) is 58.9 Å². The molecule has 0 aromatic carbocycles. The minimum absolute atomic E-state index is 0.0521. The van der Waals surface area contributed by atoms with Gasteiger partial charge in [0.2, 0.25) is 10.0 Å². The molecule has 0 aromatic rings. The van der Waals surface area contributed by atoms with Crippen molar-refractivity contribution in [1.82, 2.24) is 4.72 Å². The van der Waals surface area contributed by atoms with E-state index in [2.05, 4.69) is 4.72 Å². The Kier molecular flexibility index (Phi) is 5.38. The maximum absolute atomic E-state index is 12.1. The van der Waals surface area contributed by atoms with Crippen molar-refractivity contribution in [1.29, 1.82) is 5.41 Å². The van der Waals surface area contributed by atoms with Gasteiger partial charge in [0.1, 0.15) is 5.84 Å². The quantitative estimate of drug-likeness (QED) is 0.532. The normalized spacial score (nSPS) is 20.2. The molecule has 0 saturated heterocycles. The fourth-order valence-electron chi connectivity index (χ4n) is 2.69. The maximum atomic E-state index is 12.1. The van der Waals surface area contributed by atoms with Crippen molar-refractivity contribution < 1.29 is 8.42 Å². The van der Waals surface area contributed by atoms with Crippen molar-refractivity contribution in [2.24, 2.45) is 17.1 Å². The van der Waals surface area contributed by atoms with Crippen LogP contribution < -0.4 is 10.5 Å². The SMILES string of the molecule is CC(C)(C)CS(=O)(=O)NC(C(=N)N)C1CCCCC1. The summed E-state index contributed by atoms with van der Waals surface area (Å²) in [5.74, 6) is 0.154. The highest BCUT2D eigenvalue weighted by molar-refractivity contribution is 7.89. The first-order chi connectivity index (χ1) is 8.61. The van der Waals surface area contributed by atoms with Crippen molar-refractivity contribution in [3.63, 3.8) is 0 Å². The van der Waals surface area contributed by atoms with E-state index in [4.69, 9.17) is 11.1 Å². The third-order valence-corrected chi connectivity index (χ3v) is 5.24. The van der Waals surface area contributed by atoms with Gasteiger partial charge in [-0.2, -0.15) is 0 Å². The van der Waals surface area contributed by atoms with E-state index in [9.17, 15) is 8.42 Å². The Bertz CT molecular complexity index is 406. The van der Waals surface area contributed by atoms with E-state index in [-0.39, 0.29) is 22.9 Å². The van der Waals surface area contributed by atoms with Gasteiger partial charge in [-0.3, -0.25) is 5.41 Å². The van der Waals surface area contributed by atoms with E-state index < -0.39 is 16.1 Å². The van der Waals surface area contributed by atoms with Gasteiger partial charge in [-0.05, 0) is 24.2 Å². The summed E-state index contributed by atoms with van der Waals surface area (Å²) in [4.78, 5) is 0. The van der Waals surface area contributed by atoms with Crippen LogP contribution in [0.25, 0.3) is 0 Å². The molecule has 0 heterocycles. The predicted octanol–water partition coefficient (Wildman–Crippen LogP) is 1.84. The van der Waals surface area contributed by atoms with Crippen LogP contribution in [0, 0.1) is 16.7 Å². The molecule has 5 nitrogen and oxygen atoms in total. The first-order valence-corrected chi connectivity index (χ1v) is 8.60. The Labute approximate surface area is 116 Å². The lowest BCUT2D eigenvalue weighted by Crippen LogP contribution is -2.50. The van der Waals surface area contributed by atoms with Gasteiger partial charge in [-0.25, -0.2) is 13.1 Å². The van der Waals surface area contributed by atoms with Gasteiger partial charge in [0.05, 0.1) is 11.8 Å². The zero-order chi connectivity index (χ0) is 14.7. The van der Waals surface area contributed by atoms with E-state index in [1.54, 1.807) is 0 Å². The molecule has 0 aliphatic heterocycles. The van der Waals surface area contributed by atoms with Crippen molar-refractivity contribution >= 4 is 15.9 Å². The van der Waals surface area contributed by atoms with Crippen LogP contribution in [0.1, 0.15) is 52.9 Å². The van der Waals surface area contributed by atoms with Crippen molar-refractivity contribution in [3.05, 3.63) is 0 Å². The second-order valence-electron chi connectivity index (χ2n) is 6.77. The molecular weight excluding hydrogens is 262 g/mol. The second-order valence-corrected chi connectivity index (χ2v) is 8.52. The molecule has 4 N–H and O–H groups in total. The number of nitrogens with two attached hydrogens (primary N) is 1. The number of sulfonamides is 1. The fraction of sp³-hybridized carbons (Fsp3) is 0.923. The Morgan fingerprint density at radius 2 is 1.84 bits per heavy atom. The lowest BCUT2D eigenvalue weighted by Gasteiger charge is -2.30. The third kappa shape index (κ3) is 5.91. The van der Waals surface area contributed by atoms with Crippen LogP contribution in [0.2, 0.25) is 0 Å². The molecule has 0 bridgehead atoms. The van der Waals surface area contributed by atoms with Crippen LogP contribution in [-0.2, 0) is 10.0 Å². The zero-order valence-electron chi connectivity index (χ0n) is 12.2. The molecule has 6 heteroatoms. The third-order valence-electron chi connectivity index (χ3n) is 3.39. The summed E-state index contributed by atoms with van der Waals surface area (Å²) in [6, 6.07) is -0.535. The standard InChI is InChI=1S/C13H27N3O2S/c1-13(2,3)9-19(17,18)16-11(12(14)15)10-7-5-4-6-8-10/h10-11,16H,4-9H2,1-3H3,(H3,14,15). The number of nitrogens with one attached hydrogen (secondary N) is 2. The number of hydrogen-bond donors (Lipinski definition) is 3. The Morgan fingerprint density at radius 1 is 1.32 bits per heavy atom. The minimum atomic E-state index is -3.40. The summed E-state index contributed by atoms with van der Waals surface area (Å²) in [7, 11) is -3.40. The zero-order valence-corrected chi connectivity index (χ0v) is 13.0. The van der Waals surface area contributed by atoms with Gasteiger partial charge >= 0.3 is 0 Å². The summed E-state index contributed by atoms with van der Waals surface area (Å²) in [6.07, 6.45) is 5.27. The molecular formula is C13H27N3O2S. The molecule has 1 aliphatic carbocycles. The number of rotatable bonds is 5. The molecule has 19 heavy (non-hydrogen) atoms. The summed E-state index contributed by atoms with van der Waals surface area (Å²) in [6.45, 7) is 5.65. The molecule has 0 radical (unpaired) electrons. The van der Waals surface area contributed by atoms with Gasteiger partial charge in [0.15, 0.2) is 0 Å². The van der Waals surface area contributed by atoms with Crippen LogP contribution in [0.15, 0.2) is 0 Å². The molecule has 1 fully saturated rings. The van der Waals surface area contributed by atoms with Crippen LogP contribution in [0.3, 0.4) is 0 Å². The second kappa shape index (κ2) is 6.22. The Hall–Kier alpha value is -0.620. The van der Waals surface area contributed by atoms with Crippen LogP contribution in [0.5, 0.6) is 0 Å². The van der Waals surface area contributed by atoms with Gasteiger partial charge in [0.25, 0.3) is 0 Å². The lowest BCUT2D eigenvalue weighted by molar-refractivity contribution is 0.327. The summed E-state index contributed by atoms with van der Waals surface area (Å²) < 4.78 is 26.9. The van der Waals surface area contributed by atoms with E-state index >= 15 is 0 Å².